The predicted molar refractivity (Wildman–Crippen MR) is 96.9 cm³/mol. The van der Waals surface area contributed by atoms with Gasteiger partial charge in [0.25, 0.3) is 0 Å². The Morgan fingerprint density at radius 3 is 2.38 bits per heavy atom. The Bertz CT molecular complexity index is 602. The Morgan fingerprint density at radius 1 is 1.12 bits per heavy atom. The van der Waals surface area contributed by atoms with Gasteiger partial charge in [-0.15, -0.1) is 0 Å². The van der Waals surface area contributed by atoms with Gasteiger partial charge in [0, 0.05) is 37.9 Å². The van der Waals surface area contributed by atoms with Gasteiger partial charge in [0.2, 0.25) is 5.91 Å². The summed E-state index contributed by atoms with van der Waals surface area (Å²) in [4.78, 5) is 27.5. The second-order valence-corrected chi connectivity index (χ2v) is 6.77. The first kappa shape index (κ1) is 18.7. The summed E-state index contributed by atoms with van der Waals surface area (Å²) in [6.07, 6.45) is 0. The van der Waals surface area contributed by atoms with Crippen LogP contribution in [0, 0.1) is 0 Å². The largest absolute Gasteiger partial charge is 0.368 e. The number of rotatable bonds is 4. The molecule has 24 heavy (non-hydrogen) atoms. The third-order valence-corrected chi connectivity index (χ3v) is 4.42. The van der Waals surface area contributed by atoms with Gasteiger partial charge in [0.15, 0.2) is 0 Å². The van der Waals surface area contributed by atoms with Crippen LogP contribution in [-0.4, -0.2) is 55.6 Å². The highest BCUT2D eigenvalue weighted by Crippen LogP contribution is 2.27. The fourth-order valence-corrected chi connectivity index (χ4v) is 2.78. The van der Waals surface area contributed by atoms with Gasteiger partial charge in [-0.05, 0) is 32.0 Å². The molecule has 2 rings (SSSR count). The number of carbonyl (C=O) groups is 2. The number of carbonyl (C=O) groups excluding carboxylic acids is 2. The second-order valence-electron chi connectivity index (χ2n) is 5.95. The third kappa shape index (κ3) is 5.18. The molecular weight excluding hydrogens is 351 g/mol. The number of piperazine rings is 1. The van der Waals surface area contributed by atoms with Gasteiger partial charge in [-0.2, -0.15) is 0 Å². The summed E-state index contributed by atoms with van der Waals surface area (Å²) in [7, 11) is 0. The van der Waals surface area contributed by atoms with Crippen molar-refractivity contribution in [1.29, 1.82) is 0 Å². The van der Waals surface area contributed by atoms with Crippen LogP contribution in [0.1, 0.15) is 13.8 Å². The van der Waals surface area contributed by atoms with E-state index in [-0.39, 0.29) is 24.5 Å². The fourth-order valence-electron chi connectivity index (χ4n) is 2.49. The number of anilines is 1. The summed E-state index contributed by atoms with van der Waals surface area (Å²) in [6.45, 7) is 6.30. The van der Waals surface area contributed by atoms with E-state index in [2.05, 4.69) is 15.5 Å². The van der Waals surface area contributed by atoms with Gasteiger partial charge in [-0.25, -0.2) is 4.79 Å². The lowest BCUT2D eigenvalue weighted by Crippen LogP contribution is -2.53. The van der Waals surface area contributed by atoms with Crippen molar-refractivity contribution in [2.45, 2.75) is 19.9 Å². The number of benzene rings is 1. The van der Waals surface area contributed by atoms with Crippen molar-refractivity contribution >= 4 is 40.8 Å². The molecule has 0 aromatic heterocycles. The SMILES string of the molecule is CC(C)NC(=O)CNC(=O)N1CCN(c2ccc(Cl)c(Cl)c2)CC1. The van der Waals surface area contributed by atoms with Crippen molar-refractivity contribution in [3.05, 3.63) is 28.2 Å². The average molecular weight is 373 g/mol. The van der Waals surface area contributed by atoms with E-state index in [1.165, 1.54) is 0 Å². The molecule has 0 atom stereocenters. The molecule has 1 fully saturated rings. The van der Waals surface area contributed by atoms with Crippen molar-refractivity contribution in [3.63, 3.8) is 0 Å². The lowest BCUT2D eigenvalue weighted by molar-refractivity contribution is -0.120. The first-order chi connectivity index (χ1) is 11.4. The molecule has 1 aliphatic rings. The van der Waals surface area contributed by atoms with Crippen molar-refractivity contribution in [2.24, 2.45) is 0 Å². The van der Waals surface area contributed by atoms with E-state index < -0.39 is 0 Å². The Morgan fingerprint density at radius 2 is 1.79 bits per heavy atom. The smallest absolute Gasteiger partial charge is 0.317 e. The number of amides is 3. The molecule has 6 nitrogen and oxygen atoms in total. The highest BCUT2D eigenvalue weighted by Gasteiger charge is 2.22. The Labute approximate surface area is 152 Å². The normalized spacial score (nSPS) is 14.7. The fraction of sp³-hybridized carbons (Fsp3) is 0.500. The molecule has 1 aromatic rings. The van der Waals surface area contributed by atoms with Gasteiger partial charge in [-0.1, -0.05) is 23.2 Å². The number of halogens is 2. The van der Waals surface area contributed by atoms with Crippen LogP contribution < -0.4 is 15.5 Å². The van der Waals surface area contributed by atoms with E-state index in [1.807, 2.05) is 26.0 Å². The van der Waals surface area contributed by atoms with E-state index in [9.17, 15) is 9.59 Å². The molecule has 1 saturated heterocycles. The molecule has 1 aromatic carbocycles. The summed E-state index contributed by atoms with van der Waals surface area (Å²) < 4.78 is 0. The van der Waals surface area contributed by atoms with Crippen LogP contribution >= 0.6 is 23.2 Å². The topological polar surface area (TPSA) is 64.7 Å². The standard InChI is InChI=1S/C16H22Cl2N4O2/c1-11(2)20-15(23)10-19-16(24)22-7-5-21(6-8-22)12-3-4-13(17)14(18)9-12/h3-4,9,11H,5-8,10H2,1-2H3,(H,19,24)(H,20,23). The molecule has 0 spiro atoms. The summed E-state index contributed by atoms with van der Waals surface area (Å²) in [5, 5.41) is 6.43. The molecule has 3 amide bonds. The summed E-state index contributed by atoms with van der Waals surface area (Å²) in [6, 6.07) is 5.36. The highest BCUT2D eigenvalue weighted by atomic mass is 35.5. The maximum Gasteiger partial charge on any atom is 0.317 e. The van der Waals surface area contributed by atoms with E-state index >= 15 is 0 Å². The first-order valence-electron chi connectivity index (χ1n) is 7.89. The minimum Gasteiger partial charge on any atom is -0.368 e. The van der Waals surface area contributed by atoms with E-state index in [0.29, 0.717) is 36.2 Å². The number of hydrogen-bond donors (Lipinski definition) is 2. The zero-order valence-electron chi connectivity index (χ0n) is 13.8. The van der Waals surface area contributed by atoms with Gasteiger partial charge < -0.3 is 20.4 Å². The van der Waals surface area contributed by atoms with Crippen LogP contribution in [-0.2, 0) is 4.79 Å². The summed E-state index contributed by atoms with van der Waals surface area (Å²) >= 11 is 12.0. The average Bonchev–Trinajstić information content (AvgIpc) is 2.55. The zero-order chi connectivity index (χ0) is 17.7. The first-order valence-corrected chi connectivity index (χ1v) is 8.64. The molecule has 8 heteroatoms. The molecule has 0 radical (unpaired) electrons. The third-order valence-electron chi connectivity index (χ3n) is 3.69. The van der Waals surface area contributed by atoms with Gasteiger partial charge in [-0.3, -0.25) is 4.79 Å². The molecule has 0 aliphatic carbocycles. The molecule has 0 unspecified atom stereocenters. The predicted octanol–water partition coefficient (Wildman–Crippen LogP) is 2.35. The molecule has 1 aliphatic heterocycles. The lowest BCUT2D eigenvalue weighted by Gasteiger charge is -2.36. The molecule has 132 valence electrons. The van der Waals surface area contributed by atoms with Crippen molar-refractivity contribution < 1.29 is 9.59 Å². The maximum absolute atomic E-state index is 12.1. The Hall–Kier alpha value is -1.66. The lowest BCUT2D eigenvalue weighted by atomic mass is 10.2. The van der Waals surface area contributed by atoms with Crippen LogP contribution in [0.2, 0.25) is 10.0 Å². The molecule has 0 saturated carbocycles. The highest BCUT2D eigenvalue weighted by molar-refractivity contribution is 6.42. The maximum atomic E-state index is 12.1. The number of hydrogen-bond acceptors (Lipinski definition) is 3. The molecule has 2 N–H and O–H groups in total. The number of nitrogens with zero attached hydrogens (tertiary/aromatic N) is 2. The van der Waals surface area contributed by atoms with Crippen molar-refractivity contribution in [3.8, 4) is 0 Å². The minimum absolute atomic E-state index is 0.00990. The van der Waals surface area contributed by atoms with E-state index in [0.717, 1.165) is 5.69 Å². The van der Waals surface area contributed by atoms with Gasteiger partial charge in [0.1, 0.15) is 0 Å². The Kier molecular flexibility index (Phi) is 6.57. The summed E-state index contributed by atoms with van der Waals surface area (Å²) in [5.74, 6) is -0.187. The van der Waals surface area contributed by atoms with Gasteiger partial charge >= 0.3 is 6.03 Å². The molecule has 1 heterocycles. The van der Waals surface area contributed by atoms with E-state index in [4.69, 9.17) is 23.2 Å². The number of nitrogens with one attached hydrogen (secondary N) is 2. The molecule has 0 bridgehead atoms. The van der Waals surface area contributed by atoms with Crippen LogP contribution in [0.4, 0.5) is 10.5 Å². The zero-order valence-corrected chi connectivity index (χ0v) is 15.3. The van der Waals surface area contributed by atoms with Crippen LogP contribution in [0.15, 0.2) is 18.2 Å². The van der Waals surface area contributed by atoms with Crippen LogP contribution in [0.5, 0.6) is 0 Å². The Balaban J connectivity index is 1.80. The second kappa shape index (κ2) is 8.44. The van der Waals surface area contributed by atoms with Crippen LogP contribution in [0.25, 0.3) is 0 Å². The number of urea groups is 1. The quantitative estimate of drug-likeness (QED) is 0.852. The minimum atomic E-state index is -0.220. The monoisotopic (exact) mass is 372 g/mol. The van der Waals surface area contributed by atoms with Crippen molar-refractivity contribution in [1.82, 2.24) is 15.5 Å². The van der Waals surface area contributed by atoms with E-state index in [1.54, 1.807) is 11.0 Å². The van der Waals surface area contributed by atoms with Crippen LogP contribution in [0.3, 0.4) is 0 Å². The van der Waals surface area contributed by atoms with Gasteiger partial charge in [0.05, 0.1) is 16.6 Å². The van der Waals surface area contributed by atoms with Crippen molar-refractivity contribution in [2.75, 3.05) is 37.6 Å². The molecular formula is C16H22Cl2N4O2. The summed E-state index contributed by atoms with van der Waals surface area (Å²) in [5.41, 5.74) is 0.987.